The van der Waals surface area contributed by atoms with Gasteiger partial charge in [0.1, 0.15) is 5.75 Å². The highest BCUT2D eigenvalue weighted by molar-refractivity contribution is 6.09. The second-order valence-corrected chi connectivity index (χ2v) is 8.37. The molecule has 1 aliphatic rings. The van der Waals surface area contributed by atoms with E-state index in [2.05, 4.69) is 36.5 Å². The van der Waals surface area contributed by atoms with Crippen molar-refractivity contribution in [2.75, 3.05) is 30.4 Å². The molecule has 0 atom stereocenters. The summed E-state index contributed by atoms with van der Waals surface area (Å²) in [6.45, 7) is 5.88. The van der Waals surface area contributed by atoms with Crippen molar-refractivity contribution in [1.82, 2.24) is 4.90 Å². The Balaban J connectivity index is 1.59. The van der Waals surface area contributed by atoms with Crippen LogP contribution in [0.2, 0.25) is 0 Å². The summed E-state index contributed by atoms with van der Waals surface area (Å²) in [6.07, 6.45) is 0.853. The van der Waals surface area contributed by atoms with Crippen LogP contribution in [0.4, 0.5) is 16.2 Å². The van der Waals surface area contributed by atoms with Crippen LogP contribution in [0.5, 0.6) is 5.75 Å². The van der Waals surface area contributed by atoms with Gasteiger partial charge in [-0.2, -0.15) is 0 Å². The van der Waals surface area contributed by atoms with Crippen molar-refractivity contribution in [3.8, 4) is 5.75 Å². The Hall–Kier alpha value is -3.80. The highest BCUT2D eigenvalue weighted by Gasteiger charge is 2.29. The number of urea groups is 1. The first-order valence-corrected chi connectivity index (χ1v) is 11.1. The Labute approximate surface area is 194 Å². The molecule has 33 heavy (non-hydrogen) atoms. The fourth-order valence-electron chi connectivity index (χ4n) is 4.07. The number of carbonyl (C=O) groups excluding carboxylic acids is 2. The molecule has 1 heterocycles. The maximum absolute atomic E-state index is 13.4. The highest BCUT2D eigenvalue weighted by Crippen LogP contribution is 2.31. The molecule has 3 amide bonds. The van der Waals surface area contributed by atoms with Gasteiger partial charge in [0, 0.05) is 19.6 Å². The lowest BCUT2D eigenvalue weighted by Gasteiger charge is -2.36. The summed E-state index contributed by atoms with van der Waals surface area (Å²) in [5, 5.41) is 3.00. The molecule has 3 aromatic carbocycles. The van der Waals surface area contributed by atoms with Gasteiger partial charge in [0.15, 0.2) is 0 Å². The predicted molar refractivity (Wildman–Crippen MR) is 131 cm³/mol. The Morgan fingerprint density at radius 2 is 1.70 bits per heavy atom. The molecule has 0 aromatic heterocycles. The minimum absolute atomic E-state index is 0.0570. The molecule has 3 aromatic rings. The van der Waals surface area contributed by atoms with E-state index in [1.165, 1.54) is 5.56 Å². The van der Waals surface area contributed by atoms with E-state index in [0.717, 1.165) is 17.5 Å². The van der Waals surface area contributed by atoms with Crippen molar-refractivity contribution in [2.45, 2.75) is 26.8 Å². The Kier molecular flexibility index (Phi) is 6.63. The zero-order valence-corrected chi connectivity index (χ0v) is 19.3. The number of para-hydroxylation sites is 1. The Morgan fingerprint density at radius 1 is 0.970 bits per heavy atom. The number of benzene rings is 3. The largest absolute Gasteiger partial charge is 0.496 e. The molecule has 1 saturated heterocycles. The van der Waals surface area contributed by atoms with Crippen LogP contribution in [0, 0.1) is 13.8 Å². The Morgan fingerprint density at radius 3 is 2.45 bits per heavy atom. The maximum Gasteiger partial charge on any atom is 0.324 e. The molecule has 0 spiro atoms. The minimum atomic E-state index is -0.278. The third-order valence-electron chi connectivity index (χ3n) is 5.85. The first-order valence-electron chi connectivity index (χ1n) is 11.1. The summed E-state index contributed by atoms with van der Waals surface area (Å²) in [6, 6.07) is 21.0. The molecule has 170 valence electrons. The van der Waals surface area contributed by atoms with E-state index in [-0.39, 0.29) is 11.9 Å². The highest BCUT2D eigenvalue weighted by atomic mass is 16.5. The van der Waals surface area contributed by atoms with Crippen LogP contribution in [-0.2, 0) is 6.54 Å². The molecule has 0 aliphatic carbocycles. The number of nitrogens with zero attached hydrogens (tertiary/aromatic N) is 2. The molecule has 0 unspecified atom stereocenters. The molecule has 6 nitrogen and oxygen atoms in total. The molecule has 6 heteroatoms. The second-order valence-electron chi connectivity index (χ2n) is 8.37. The standard InChI is InChI=1S/C27H29N3O3/c1-19-9-12-21(13-10-19)18-29-15-6-16-30(27(29)32)24-14-11-20(2)17-23(24)28-26(31)22-7-4-5-8-25(22)33-3/h4-5,7-14,17H,6,15-16,18H2,1-3H3,(H,28,31). The average molecular weight is 444 g/mol. The van der Waals surface area contributed by atoms with Gasteiger partial charge in [0.25, 0.3) is 5.91 Å². The van der Waals surface area contributed by atoms with Crippen molar-refractivity contribution >= 4 is 23.3 Å². The first-order chi connectivity index (χ1) is 16.0. The van der Waals surface area contributed by atoms with E-state index in [4.69, 9.17) is 4.74 Å². The van der Waals surface area contributed by atoms with Crippen LogP contribution in [-0.4, -0.2) is 37.0 Å². The number of aryl methyl sites for hydroxylation is 2. The third-order valence-corrected chi connectivity index (χ3v) is 5.85. The molecule has 0 saturated carbocycles. The lowest BCUT2D eigenvalue weighted by atomic mass is 10.1. The van der Waals surface area contributed by atoms with E-state index in [9.17, 15) is 9.59 Å². The summed E-state index contributed by atoms with van der Waals surface area (Å²) >= 11 is 0. The van der Waals surface area contributed by atoms with Gasteiger partial charge in [-0.3, -0.25) is 9.69 Å². The summed E-state index contributed by atoms with van der Waals surface area (Å²) in [5.74, 6) is 0.225. The van der Waals surface area contributed by atoms with Crippen molar-refractivity contribution in [3.05, 3.63) is 89.0 Å². The summed E-state index contributed by atoms with van der Waals surface area (Å²) in [7, 11) is 1.54. The fraction of sp³-hybridized carbons (Fsp3) is 0.259. The van der Waals surface area contributed by atoms with E-state index < -0.39 is 0 Å². The zero-order valence-electron chi connectivity index (χ0n) is 19.3. The lowest BCUT2D eigenvalue weighted by Crippen LogP contribution is -2.49. The number of nitrogens with one attached hydrogen (secondary N) is 1. The van der Waals surface area contributed by atoms with Crippen LogP contribution in [0.25, 0.3) is 0 Å². The summed E-state index contributed by atoms with van der Waals surface area (Å²) in [4.78, 5) is 30.1. The number of carbonyl (C=O) groups is 2. The number of rotatable bonds is 6. The first kappa shape index (κ1) is 22.4. The monoisotopic (exact) mass is 443 g/mol. The average Bonchev–Trinajstić information content (AvgIpc) is 2.82. The van der Waals surface area contributed by atoms with Gasteiger partial charge >= 0.3 is 6.03 Å². The smallest absolute Gasteiger partial charge is 0.324 e. The summed E-state index contributed by atoms with van der Waals surface area (Å²) < 4.78 is 5.34. The minimum Gasteiger partial charge on any atom is -0.496 e. The van der Waals surface area contributed by atoms with Crippen molar-refractivity contribution in [3.63, 3.8) is 0 Å². The van der Waals surface area contributed by atoms with Crippen LogP contribution < -0.4 is 15.0 Å². The van der Waals surface area contributed by atoms with Crippen LogP contribution in [0.1, 0.15) is 33.5 Å². The van der Waals surface area contributed by atoms with Crippen LogP contribution in [0.15, 0.2) is 66.7 Å². The number of ether oxygens (including phenoxy) is 1. The molecule has 1 N–H and O–H groups in total. The van der Waals surface area contributed by atoms with Gasteiger partial charge in [0.05, 0.1) is 24.0 Å². The summed E-state index contributed by atoms with van der Waals surface area (Å²) in [5.41, 5.74) is 5.04. The lowest BCUT2D eigenvalue weighted by molar-refractivity contribution is 0.102. The molecule has 0 radical (unpaired) electrons. The van der Waals surface area contributed by atoms with Crippen molar-refractivity contribution in [1.29, 1.82) is 0 Å². The van der Waals surface area contributed by atoms with E-state index >= 15 is 0 Å². The third kappa shape index (κ3) is 5.00. The quantitative estimate of drug-likeness (QED) is 0.555. The molecular formula is C27H29N3O3. The molecule has 4 rings (SSSR count). The maximum atomic E-state index is 13.4. The second kappa shape index (κ2) is 9.77. The van der Waals surface area contributed by atoms with Gasteiger partial charge in [-0.25, -0.2) is 4.79 Å². The fourth-order valence-corrected chi connectivity index (χ4v) is 4.07. The number of anilines is 2. The molecule has 0 bridgehead atoms. The predicted octanol–water partition coefficient (Wildman–Crippen LogP) is 5.40. The van der Waals surface area contributed by atoms with E-state index in [0.29, 0.717) is 42.3 Å². The number of amides is 3. The number of hydrogen-bond acceptors (Lipinski definition) is 3. The molecule has 1 aliphatic heterocycles. The topological polar surface area (TPSA) is 61.9 Å². The molecule has 1 fully saturated rings. The van der Waals surface area contributed by atoms with Gasteiger partial charge < -0.3 is 15.0 Å². The normalized spacial score (nSPS) is 13.7. The van der Waals surface area contributed by atoms with E-state index in [1.54, 1.807) is 30.2 Å². The van der Waals surface area contributed by atoms with Crippen LogP contribution in [0.3, 0.4) is 0 Å². The van der Waals surface area contributed by atoms with Crippen molar-refractivity contribution in [2.24, 2.45) is 0 Å². The van der Waals surface area contributed by atoms with E-state index in [1.807, 2.05) is 36.1 Å². The Bertz CT molecular complexity index is 1160. The van der Waals surface area contributed by atoms with Gasteiger partial charge in [-0.15, -0.1) is 0 Å². The van der Waals surface area contributed by atoms with Crippen LogP contribution >= 0.6 is 0 Å². The van der Waals surface area contributed by atoms with Gasteiger partial charge in [-0.05, 0) is 55.7 Å². The molecular weight excluding hydrogens is 414 g/mol. The van der Waals surface area contributed by atoms with Gasteiger partial charge in [0.2, 0.25) is 0 Å². The SMILES string of the molecule is COc1ccccc1C(=O)Nc1cc(C)ccc1N1CCCN(Cc2ccc(C)cc2)C1=O. The van der Waals surface area contributed by atoms with Crippen molar-refractivity contribution < 1.29 is 14.3 Å². The number of methoxy groups -OCH3 is 1. The number of hydrogen-bond donors (Lipinski definition) is 1. The van der Waals surface area contributed by atoms with Gasteiger partial charge in [-0.1, -0.05) is 48.0 Å². The zero-order chi connectivity index (χ0) is 23.4.